The lowest BCUT2D eigenvalue weighted by atomic mass is 9.91. The maximum absolute atomic E-state index is 12.8. The van der Waals surface area contributed by atoms with E-state index < -0.39 is 0 Å². The highest BCUT2D eigenvalue weighted by atomic mass is 16.2. The van der Waals surface area contributed by atoms with Gasteiger partial charge in [-0.25, -0.2) is 0 Å². The summed E-state index contributed by atoms with van der Waals surface area (Å²) in [6.45, 7) is 12.5. The average molecular weight is 415 g/mol. The molecule has 6 heteroatoms. The van der Waals surface area contributed by atoms with Crippen LogP contribution in [0.15, 0.2) is 24.3 Å². The Morgan fingerprint density at radius 1 is 1.03 bits per heavy atom. The van der Waals surface area contributed by atoms with Gasteiger partial charge in [0.2, 0.25) is 11.8 Å². The first-order chi connectivity index (χ1) is 14.2. The maximum Gasteiger partial charge on any atom is 0.247 e. The number of hydrogen-bond donors (Lipinski definition) is 1. The molecule has 2 heterocycles. The number of piperazine rings is 1. The number of hydrogen-bond acceptors (Lipinski definition) is 4. The summed E-state index contributed by atoms with van der Waals surface area (Å²) in [6.07, 6.45) is 3.12. The van der Waals surface area contributed by atoms with Crippen molar-refractivity contribution >= 4 is 17.5 Å². The van der Waals surface area contributed by atoms with Gasteiger partial charge < -0.3 is 20.0 Å². The number of likely N-dealkylation sites (N-methyl/N-ethyl adjacent to an activating group) is 1. The molecule has 1 atom stereocenters. The fourth-order valence-corrected chi connectivity index (χ4v) is 4.23. The predicted octanol–water partition coefficient (Wildman–Crippen LogP) is 2.84. The zero-order chi connectivity index (χ0) is 21.7. The van der Waals surface area contributed by atoms with Gasteiger partial charge in [-0.05, 0) is 49.4 Å². The molecule has 0 bridgehead atoms. The van der Waals surface area contributed by atoms with Crippen LogP contribution in [-0.4, -0.2) is 78.9 Å². The van der Waals surface area contributed by atoms with Crippen molar-refractivity contribution in [3.63, 3.8) is 0 Å². The van der Waals surface area contributed by atoms with Gasteiger partial charge >= 0.3 is 0 Å². The zero-order valence-corrected chi connectivity index (χ0v) is 19.1. The third kappa shape index (κ3) is 6.54. The molecule has 1 aromatic carbocycles. The Bertz CT molecular complexity index is 718. The number of rotatable bonds is 6. The Hall–Kier alpha value is -1.92. The summed E-state index contributed by atoms with van der Waals surface area (Å²) in [6, 6.07) is 7.81. The molecule has 1 unspecified atom stereocenters. The molecular formula is C24H38N4O2. The Morgan fingerprint density at radius 2 is 1.70 bits per heavy atom. The van der Waals surface area contributed by atoms with Gasteiger partial charge in [0, 0.05) is 51.4 Å². The number of benzene rings is 1. The highest BCUT2D eigenvalue weighted by Gasteiger charge is 2.35. The Kier molecular flexibility index (Phi) is 7.53. The van der Waals surface area contributed by atoms with Crippen molar-refractivity contribution in [1.29, 1.82) is 0 Å². The van der Waals surface area contributed by atoms with E-state index in [0.29, 0.717) is 13.0 Å². The van der Waals surface area contributed by atoms with E-state index >= 15 is 0 Å². The van der Waals surface area contributed by atoms with Gasteiger partial charge in [0.15, 0.2) is 0 Å². The van der Waals surface area contributed by atoms with Crippen LogP contribution < -0.4 is 5.32 Å². The molecule has 2 aliphatic heterocycles. The van der Waals surface area contributed by atoms with E-state index in [-0.39, 0.29) is 23.3 Å². The third-order valence-corrected chi connectivity index (χ3v) is 6.09. The molecule has 6 nitrogen and oxygen atoms in total. The molecule has 0 saturated carbocycles. The van der Waals surface area contributed by atoms with E-state index in [2.05, 4.69) is 55.1 Å². The zero-order valence-electron chi connectivity index (χ0n) is 19.1. The largest absolute Gasteiger partial charge is 0.331 e. The number of anilines is 1. The van der Waals surface area contributed by atoms with Crippen LogP contribution in [0.3, 0.4) is 0 Å². The van der Waals surface area contributed by atoms with E-state index in [9.17, 15) is 9.59 Å². The van der Waals surface area contributed by atoms with E-state index in [1.54, 1.807) is 4.90 Å². The van der Waals surface area contributed by atoms with Gasteiger partial charge in [0.1, 0.15) is 6.04 Å². The third-order valence-electron chi connectivity index (χ3n) is 6.09. The fraction of sp³-hybridized carbons (Fsp3) is 0.667. The van der Waals surface area contributed by atoms with Crippen molar-refractivity contribution in [1.82, 2.24) is 14.7 Å². The lowest BCUT2D eigenvalue weighted by Crippen LogP contribution is -2.45. The molecule has 0 aromatic heterocycles. The monoisotopic (exact) mass is 414 g/mol. The number of amides is 2. The molecule has 1 N–H and O–H groups in total. The number of nitrogens with zero attached hydrogens (tertiary/aromatic N) is 3. The molecule has 2 fully saturated rings. The van der Waals surface area contributed by atoms with Crippen LogP contribution >= 0.6 is 0 Å². The second kappa shape index (κ2) is 9.92. The van der Waals surface area contributed by atoms with Gasteiger partial charge in [0.25, 0.3) is 0 Å². The van der Waals surface area contributed by atoms with Crippen LogP contribution in [0.2, 0.25) is 0 Å². The number of carbonyl (C=O) groups is 2. The van der Waals surface area contributed by atoms with Gasteiger partial charge in [-0.2, -0.15) is 0 Å². The lowest BCUT2D eigenvalue weighted by Gasteiger charge is -2.32. The summed E-state index contributed by atoms with van der Waals surface area (Å²) in [7, 11) is 2.18. The predicted molar refractivity (Wildman–Crippen MR) is 122 cm³/mol. The van der Waals surface area contributed by atoms with E-state index in [4.69, 9.17) is 0 Å². The SMILES string of the molecule is CN1CCN(CCc2ccc(NC(=O)C3CCCN3C(=O)CC(C)(C)C)cc2)CC1. The summed E-state index contributed by atoms with van der Waals surface area (Å²) in [5.74, 6) is 0.0133. The molecule has 1 aromatic rings. The number of nitrogens with one attached hydrogen (secondary N) is 1. The molecule has 2 aliphatic rings. The molecule has 30 heavy (non-hydrogen) atoms. The molecular weight excluding hydrogens is 376 g/mol. The molecule has 0 radical (unpaired) electrons. The first-order valence-corrected chi connectivity index (χ1v) is 11.3. The quantitative estimate of drug-likeness (QED) is 0.778. The minimum atomic E-state index is -0.350. The minimum absolute atomic E-state index is 0.0688. The van der Waals surface area contributed by atoms with Crippen LogP contribution in [-0.2, 0) is 16.0 Å². The van der Waals surface area contributed by atoms with Crippen molar-refractivity contribution in [2.24, 2.45) is 5.41 Å². The fourth-order valence-electron chi connectivity index (χ4n) is 4.23. The van der Waals surface area contributed by atoms with E-state index in [0.717, 1.165) is 57.7 Å². The molecule has 2 saturated heterocycles. The van der Waals surface area contributed by atoms with Crippen molar-refractivity contribution < 1.29 is 9.59 Å². The summed E-state index contributed by atoms with van der Waals surface area (Å²) in [5.41, 5.74) is 2.02. The Morgan fingerprint density at radius 3 is 2.33 bits per heavy atom. The Labute approximate surface area is 181 Å². The summed E-state index contributed by atoms with van der Waals surface area (Å²) >= 11 is 0. The number of likely N-dealkylation sites (tertiary alicyclic amines) is 1. The highest BCUT2D eigenvalue weighted by Crippen LogP contribution is 2.25. The summed E-state index contributed by atoms with van der Waals surface area (Å²) < 4.78 is 0. The molecule has 0 spiro atoms. The van der Waals surface area contributed by atoms with Crippen molar-refractivity contribution in [3.8, 4) is 0 Å². The van der Waals surface area contributed by atoms with E-state index in [1.807, 2.05) is 12.1 Å². The van der Waals surface area contributed by atoms with Crippen molar-refractivity contribution in [2.45, 2.75) is 52.5 Å². The molecule has 2 amide bonds. The van der Waals surface area contributed by atoms with Crippen molar-refractivity contribution in [3.05, 3.63) is 29.8 Å². The van der Waals surface area contributed by atoms with Crippen LogP contribution in [0.1, 0.15) is 45.6 Å². The van der Waals surface area contributed by atoms with Crippen LogP contribution in [0.5, 0.6) is 0 Å². The highest BCUT2D eigenvalue weighted by molar-refractivity contribution is 5.97. The van der Waals surface area contributed by atoms with E-state index in [1.165, 1.54) is 5.56 Å². The van der Waals surface area contributed by atoms with Gasteiger partial charge in [0.05, 0.1) is 0 Å². The lowest BCUT2D eigenvalue weighted by molar-refractivity contribution is -0.138. The van der Waals surface area contributed by atoms with Crippen LogP contribution in [0.25, 0.3) is 0 Å². The van der Waals surface area contributed by atoms with Crippen LogP contribution in [0, 0.1) is 5.41 Å². The Balaban J connectivity index is 1.49. The maximum atomic E-state index is 12.8. The average Bonchev–Trinajstić information content (AvgIpc) is 3.18. The first kappa shape index (κ1) is 22.8. The molecule has 166 valence electrons. The smallest absolute Gasteiger partial charge is 0.247 e. The normalized spacial score (nSPS) is 21.1. The van der Waals surface area contributed by atoms with Crippen LogP contribution in [0.4, 0.5) is 5.69 Å². The summed E-state index contributed by atoms with van der Waals surface area (Å²) in [4.78, 5) is 32.1. The van der Waals surface area contributed by atoms with Gasteiger partial charge in [-0.3, -0.25) is 9.59 Å². The topological polar surface area (TPSA) is 55.9 Å². The molecule has 0 aliphatic carbocycles. The van der Waals surface area contributed by atoms with Gasteiger partial charge in [-0.15, -0.1) is 0 Å². The second-order valence-electron chi connectivity index (χ2n) is 10.1. The molecule has 3 rings (SSSR count). The first-order valence-electron chi connectivity index (χ1n) is 11.3. The second-order valence-corrected chi connectivity index (χ2v) is 10.1. The standard InChI is InChI=1S/C24H38N4O2/c1-24(2,3)18-22(29)28-12-5-6-21(28)23(30)25-20-9-7-19(8-10-20)11-13-27-16-14-26(4)15-17-27/h7-10,21H,5-6,11-18H2,1-4H3,(H,25,30). The summed E-state index contributed by atoms with van der Waals surface area (Å²) in [5, 5.41) is 3.02. The van der Waals surface area contributed by atoms with Gasteiger partial charge in [-0.1, -0.05) is 32.9 Å². The minimum Gasteiger partial charge on any atom is -0.331 e. The number of carbonyl (C=O) groups excluding carboxylic acids is 2. The van der Waals surface area contributed by atoms with Crippen molar-refractivity contribution in [2.75, 3.05) is 51.6 Å².